The molecule has 5 aromatic carbocycles. The summed E-state index contributed by atoms with van der Waals surface area (Å²) in [5.74, 6) is -0.307. The molecule has 8 rings (SSSR count). The number of aryl methyl sites for hydroxylation is 1. The standard InChI is InChI=1S/C55H61ClN6O7S/c1-55(2)50(62(49-25-22-39-13-5-6-16-41(39)53(49)55)30-9-3-4-21-51(63)58-28-32-67-34-36-69-37-35-68-33-29-59-60-57)27-24-45-43-18-8-7-17-42(43)44(54(45)56)23-26-47-46-19-10-14-40-15-11-20-48(52(40)46)61(47)31-12-38-70(64,65)66/h5-8,10-11,13-20,22-27,50H,3-4,9,12,21,28-38H2,1-2H3,(H,58,63)(H,64,65,66)/b27-24+,44-23+,47-26+. The molecular formula is C55H61ClN6O7S. The number of hydrogen-bond acceptors (Lipinski definition) is 8. The van der Waals surface area contributed by atoms with Crippen LogP contribution in [0.3, 0.4) is 0 Å². The van der Waals surface area contributed by atoms with Crippen molar-refractivity contribution >= 4 is 83.0 Å². The normalized spacial score (nSPS) is 16.3. The Hall–Kier alpha value is -5.96. The van der Waals surface area contributed by atoms with Crippen molar-refractivity contribution in [2.24, 2.45) is 5.11 Å². The first-order valence-corrected chi connectivity index (χ1v) is 26.1. The number of fused-ring (bicyclic) bond motifs is 4. The van der Waals surface area contributed by atoms with Crippen molar-refractivity contribution in [1.29, 1.82) is 0 Å². The van der Waals surface area contributed by atoms with Gasteiger partial charge in [0.25, 0.3) is 10.1 Å². The van der Waals surface area contributed by atoms with Gasteiger partial charge in [-0.2, -0.15) is 8.42 Å². The highest BCUT2D eigenvalue weighted by Gasteiger charge is 2.44. The number of nitrogens with zero attached hydrogens (tertiary/aromatic N) is 5. The fraction of sp³-hybridized carbons (Fsp3) is 0.364. The number of aromatic nitrogens is 1. The second kappa shape index (κ2) is 23.3. The molecule has 0 bridgehead atoms. The SMILES string of the molecule is CC1(C)c2c(ccc3ccccc23)N(CCCCCC(=O)NCCOCCOCCOCCN=[N+]=[N-])C1/C=C/C1=C(Cl)C(=C/C=c2\c3cccc4cccc(c43)n2CCCS(=O)(=O)O)/c2ccccc21. The highest BCUT2D eigenvalue weighted by Crippen LogP contribution is 2.50. The van der Waals surface area contributed by atoms with Gasteiger partial charge in [0.05, 0.1) is 56.5 Å². The van der Waals surface area contributed by atoms with E-state index in [2.05, 4.69) is 136 Å². The van der Waals surface area contributed by atoms with Gasteiger partial charge >= 0.3 is 0 Å². The van der Waals surface area contributed by atoms with Gasteiger partial charge in [-0.3, -0.25) is 9.35 Å². The van der Waals surface area contributed by atoms with E-state index in [4.69, 9.17) is 31.3 Å². The summed E-state index contributed by atoms with van der Waals surface area (Å²) in [6.07, 6.45) is 12.0. The van der Waals surface area contributed by atoms with Gasteiger partial charge in [-0.25, -0.2) is 0 Å². The second-order valence-corrected chi connectivity index (χ2v) is 20.2. The Balaban J connectivity index is 0.963. The third-order valence-corrected chi connectivity index (χ3v) is 14.5. The minimum absolute atomic E-state index is 0.0127. The molecule has 6 aromatic rings. The van der Waals surface area contributed by atoms with Gasteiger partial charge in [0, 0.05) is 81.4 Å². The Morgan fingerprint density at radius 2 is 1.51 bits per heavy atom. The molecule has 1 atom stereocenters. The lowest BCUT2D eigenvalue weighted by atomic mass is 9.78. The monoisotopic (exact) mass is 984 g/mol. The lowest BCUT2D eigenvalue weighted by molar-refractivity contribution is -0.121. The van der Waals surface area contributed by atoms with E-state index in [-0.39, 0.29) is 29.5 Å². The Labute approximate surface area is 414 Å². The number of carbonyl (C=O) groups is 1. The summed E-state index contributed by atoms with van der Waals surface area (Å²) in [5.41, 5.74) is 15.5. The van der Waals surface area contributed by atoms with Gasteiger partial charge in [0.1, 0.15) is 0 Å². The summed E-state index contributed by atoms with van der Waals surface area (Å²) in [5, 5.41) is 13.7. The average Bonchev–Trinajstić information content (AvgIpc) is 3.88. The van der Waals surface area contributed by atoms with Crippen molar-refractivity contribution in [3.05, 3.63) is 153 Å². The van der Waals surface area contributed by atoms with Gasteiger partial charge in [-0.1, -0.05) is 140 Å². The van der Waals surface area contributed by atoms with Gasteiger partial charge in [0.2, 0.25) is 5.91 Å². The molecule has 15 heteroatoms. The smallest absolute Gasteiger partial charge is 0.264 e. The third-order valence-electron chi connectivity index (χ3n) is 13.3. The van der Waals surface area contributed by atoms with E-state index < -0.39 is 10.1 Å². The molecule has 1 amide bonds. The minimum atomic E-state index is -4.11. The molecule has 1 unspecified atom stereocenters. The number of anilines is 1. The largest absolute Gasteiger partial charge is 0.379 e. The van der Waals surface area contributed by atoms with E-state index in [0.717, 1.165) is 75.1 Å². The molecule has 13 nitrogen and oxygen atoms in total. The lowest BCUT2D eigenvalue weighted by Gasteiger charge is -2.32. The molecule has 0 saturated heterocycles. The number of ether oxygens (including phenoxy) is 3. The van der Waals surface area contributed by atoms with Crippen molar-refractivity contribution in [2.45, 2.75) is 64.0 Å². The van der Waals surface area contributed by atoms with Crippen LogP contribution in [0.2, 0.25) is 0 Å². The second-order valence-electron chi connectivity index (χ2n) is 18.2. The summed E-state index contributed by atoms with van der Waals surface area (Å²) in [4.78, 5) is 17.9. The number of halogens is 1. The zero-order valence-corrected chi connectivity index (χ0v) is 41.4. The summed E-state index contributed by atoms with van der Waals surface area (Å²) < 4.78 is 51.5. The predicted molar refractivity (Wildman–Crippen MR) is 283 cm³/mol. The van der Waals surface area contributed by atoms with Gasteiger partial charge < -0.3 is 29.0 Å². The van der Waals surface area contributed by atoms with Crippen LogP contribution in [-0.4, -0.2) is 94.5 Å². The first-order chi connectivity index (χ1) is 34.0. The number of amides is 1. The Bertz CT molecular complexity index is 3150. The van der Waals surface area contributed by atoms with Crippen LogP contribution >= 0.6 is 11.6 Å². The molecule has 0 radical (unpaired) electrons. The quantitative estimate of drug-likeness (QED) is 0.0188. The van der Waals surface area contributed by atoms with Crippen molar-refractivity contribution < 1.29 is 32.0 Å². The molecule has 1 aliphatic carbocycles. The molecule has 1 aliphatic heterocycles. The average molecular weight is 986 g/mol. The van der Waals surface area contributed by atoms with Crippen molar-refractivity contribution in [3.63, 3.8) is 0 Å². The van der Waals surface area contributed by atoms with Crippen molar-refractivity contribution in [3.8, 4) is 0 Å². The number of carbonyl (C=O) groups excluding carboxylic acids is 1. The minimum Gasteiger partial charge on any atom is -0.379 e. The molecule has 1 aromatic heterocycles. The number of azide groups is 1. The topological polar surface area (TPSA) is 168 Å². The fourth-order valence-corrected chi connectivity index (χ4v) is 10.9. The molecular weight excluding hydrogens is 924 g/mol. The van der Waals surface area contributed by atoms with Crippen LogP contribution in [0.15, 0.2) is 125 Å². The van der Waals surface area contributed by atoms with Crippen LogP contribution in [0.4, 0.5) is 5.69 Å². The predicted octanol–water partition coefficient (Wildman–Crippen LogP) is 10.5. The molecule has 2 N–H and O–H groups in total. The Kier molecular flexibility index (Phi) is 16.8. The molecule has 0 spiro atoms. The number of hydrogen-bond donors (Lipinski definition) is 2. The number of rotatable bonds is 25. The zero-order chi connectivity index (χ0) is 49.1. The van der Waals surface area contributed by atoms with Gasteiger partial charge in [-0.05, 0) is 75.9 Å². The highest BCUT2D eigenvalue weighted by atomic mass is 35.5. The lowest BCUT2D eigenvalue weighted by Crippen LogP contribution is -2.40. The maximum atomic E-state index is 12.7. The molecule has 2 aliphatic rings. The first kappa shape index (κ1) is 50.4. The van der Waals surface area contributed by atoms with Crippen LogP contribution in [0.5, 0.6) is 0 Å². The maximum absolute atomic E-state index is 12.7. The summed E-state index contributed by atoms with van der Waals surface area (Å²) >= 11 is 7.48. The van der Waals surface area contributed by atoms with E-state index in [1.165, 1.54) is 22.0 Å². The molecule has 0 saturated carbocycles. The fourth-order valence-electron chi connectivity index (χ4n) is 10.1. The number of unbranched alkanes of at least 4 members (excludes halogenated alkanes) is 2. The van der Waals surface area contributed by atoms with E-state index in [0.29, 0.717) is 70.7 Å². The van der Waals surface area contributed by atoms with Crippen molar-refractivity contribution in [2.75, 3.05) is 69.9 Å². The van der Waals surface area contributed by atoms with Crippen molar-refractivity contribution in [1.82, 2.24) is 9.88 Å². The van der Waals surface area contributed by atoms with E-state index in [9.17, 15) is 17.8 Å². The molecule has 2 heterocycles. The van der Waals surface area contributed by atoms with E-state index >= 15 is 0 Å². The summed E-state index contributed by atoms with van der Waals surface area (Å²) in [6.45, 7) is 9.11. The van der Waals surface area contributed by atoms with Crippen LogP contribution in [0, 0.1) is 0 Å². The van der Waals surface area contributed by atoms with Gasteiger partial charge in [-0.15, -0.1) is 0 Å². The number of benzene rings is 5. The summed E-state index contributed by atoms with van der Waals surface area (Å²) in [6, 6.07) is 33.8. The Morgan fingerprint density at radius 1 is 0.814 bits per heavy atom. The summed E-state index contributed by atoms with van der Waals surface area (Å²) in [7, 11) is -4.11. The molecule has 366 valence electrons. The van der Waals surface area contributed by atoms with Crippen LogP contribution in [0.25, 0.3) is 60.1 Å². The van der Waals surface area contributed by atoms with Crippen LogP contribution in [-0.2, 0) is 41.1 Å². The zero-order valence-electron chi connectivity index (χ0n) is 39.9. The third kappa shape index (κ3) is 11.6. The van der Waals surface area contributed by atoms with E-state index in [1.807, 2.05) is 24.3 Å². The number of allylic oxidation sites excluding steroid dienone is 5. The highest BCUT2D eigenvalue weighted by molar-refractivity contribution is 7.85. The first-order valence-electron chi connectivity index (χ1n) is 24.1. The van der Waals surface area contributed by atoms with Crippen LogP contribution in [0.1, 0.15) is 62.6 Å². The molecule has 0 fully saturated rings. The Morgan fingerprint density at radius 3 is 2.30 bits per heavy atom. The van der Waals surface area contributed by atoms with Crippen LogP contribution < -0.4 is 15.6 Å². The number of nitrogens with one attached hydrogen (secondary N) is 1. The maximum Gasteiger partial charge on any atom is 0.264 e. The molecule has 70 heavy (non-hydrogen) atoms. The van der Waals surface area contributed by atoms with E-state index in [1.54, 1.807) is 0 Å². The van der Waals surface area contributed by atoms with Gasteiger partial charge in [0.15, 0.2) is 0 Å².